The van der Waals surface area contributed by atoms with E-state index in [0.717, 1.165) is 25.7 Å². The minimum Gasteiger partial charge on any atom is -0.463 e. The molecule has 3 aromatic rings. The van der Waals surface area contributed by atoms with Gasteiger partial charge in [0.1, 0.15) is 0 Å². The van der Waals surface area contributed by atoms with Gasteiger partial charge in [0, 0.05) is 5.56 Å². The van der Waals surface area contributed by atoms with Crippen molar-refractivity contribution in [3.8, 4) is 0 Å². The van der Waals surface area contributed by atoms with Crippen LogP contribution in [0.25, 0.3) is 0 Å². The molecule has 0 unspecified atom stereocenters. The highest BCUT2D eigenvalue weighted by Gasteiger charge is 2.29. The van der Waals surface area contributed by atoms with E-state index in [2.05, 4.69) is 22.4 Å². The molecule has 0 atom stereocenters. The molecule has 1 aliphatic rings. The van der Waals surface area contributed by atoms with Crippen molar-refractivity contribution >= 4 is 17.6 Å². The number of hydrogen-bond acceptors (Lipinski definition) is 5. The number of rotatable bonds is 6. The standard InChI is InChI=1S/C25H28N4O3/c1-18(2)32-25(31)22-10-8-19(9-11-22)20-12-14-23(15-13-20)29(28-17-16-26-27-28)24(30)21-6-4-3-5-7-21/h3-7,12-19,22H,8-11H2,1-2H3. The quantitative estimate of drug-likeness (QED) is 0.532. The first kappa shape index (κ1) is 21.7. The Bertz CT molecular complexity index is 1020. The molecule has 32 heavy (non-hydrogen) atoms. The maximum Gasteiger partial charge on any atom is 0.309 e. The molecule has 0 radical (unpaired) electrons. The van der Waals surface area contributed by atoms with Gasteiger partial charge in [-0.05, 0) is 80.5 Å². The number of nitrogens with zero attached hydrogens (tertiary/aromatic N) is 4. The Morgan fingerprint density at radius 3 is 2.28 bits per heavy atom. The van der Waals surface area contributed by atoms with Crippen LogP contribution in [0, 0.1) is 5.92 Å². The number of anilines is 1. The van der Waals surface area contributed by atoms with Gasteiger partial charge < -0.3 is 4.74 Å². The number of carbonyl (C=O) groups excluding carboxylic acids is 2. The van der Waals surface area contributed by atoms with Crippen molar-refractivity contribution in [2.24, 2.45) is 5.92 Å². The molecule has 166 valence electrons. The van der Waals surface area contributed by atoms with Crippen molar-refractivity contribution in [3.05, 3.63) is 78.1 Å². The van der Waals surface area contributed by atoms with Crippen molar-refractivity contribution in [2.75, 3.05) is 5.01 Å². The highest BCUT2D eigenvalue weighted by Crippen LogP contribution is 2.37. The highest BCUT2D eigenvalue weighted by atomic mass is 16.5. The Balaban J connectivity index is 1.48. The predicted octanol–water partition coefficient (Wildman–Crippen LogP) is 4.61. The fourth-order valence-corrected chi connectivity index (χ4v) is 4.22. The van der Waals surface area contributed by atoms with Gasteiger partial charge in [-0.2, -0.15) is 9.80 Å². The number of benzene rings is 2. The van der Waals surface area contributed by atoms with Crippen LogP contribution in [0.1, 0.15) is 61.4 Å². The molecule has 1 aromatic heterocycles. The Hall–Kier alpha value is -3.48. The number of esters is 1. The summed E-state index contributed by atoms with van der Waals surface area (Å²) >= 11 is 0. The third kappa shape index (κ3) is 4.88. The zero-order valence-electron chi connectivity index (χ0n) is 18.4. The predicted molar refractivity (Wildman–Crippen MR) is 121 cm³/mol. The molecular formula is C25H28N4O3. The lowest BCUT2D eigenvalue weighted by Crippen LogP contribution is -2.36. The molecule has 7 heteroatoms. The van der Waals surface area contributed by atoms with Gasteiger partial charge in [-0.15, -0.1) is 5.10 Å². The average Bonchev–Trinajstić information content (AvgIpc) is 3.34. The molecule has 1 heterocycles. The molecule has 1 aliphatic carbocycles. The molecular weight excluding hydrogens is 404 g/mol. The van der Waals surface area contributed by atoms with Gasteiger partial charge in [0.25, 0.3) is 5.91 Å². The van der Waals surface area contributed by atoms with Gasteiger partial charge in [-0.3, -0.25) is 9.59 Å². The summed E-state index contributed by atoms with van der Waals surface area (Å²) in [5.41, 5.74) is 2.50. The maximum atomic E-state index is 13.2. The number of hydrogen-bond donors (Lipinski definition) is 0. The van der Waals surface area contributed by atoms with Crippen LogP contribution in [0.15, 0.2) is 67.0 Å². The van der Waals surface area contributed by atoms with Gasteiger partial charge in [-0.25, -0.2) is 0 Å². The third-order valence-corrected chi connectivity index (χ3v) is 5.85. The molecule has 1 saturated carbocycles. The molecule has 4 rings (SSSR count). The second-order valence-electron chi connectivity index (χ2n) is 8.43. The second kappa shape index (κ2) is 9.77. The van der Waals surface area contributed by atoms with E-state index in [1.165, 1.54) is 15.4 Å². The average molecular weight is 433 g/mol. The summed E-state index contributed by atoms with van der Waals surface area (Å²) in [5.74, 6) is 0.140. The van der Waals surface area contributed by atoms with Crippen LogP contribution in [-0.2, 0) is 9.53 Å². The van der Waals surface area contributed by atoms with Crippen molar-refractivity contribution in [1.82, 2.24) is 15.1 Å². The SMILES string of the molecule is CC(C)OC(=O)C1CCC(c2ccc(N(C(=O)c3ccccc3)n3ccnn3)cc2)CC1. The van der Waals surface area contributed by atoms with E-state index in [1.807, 2.05) is 44.2 Å². The van der Waals surface area contributed by atoms with Gasteiger partial charge in [-0.1, -0.05) is 30.3 Å². The second-order valence-corrected chi connectivity index (χ2v) is 8.43. The Labute approximate surface area is 188 Å². The van der Waals surface area contributed by atoms with Crippen molar-refractivity contribution in [2.45, 2.75) is 51.6 Å². The topological polar surface area (TPSA) is 77.3 Å². The van der Waals surface area contributed by atoms with Crippen LogP contribution < -0.4 is 5.01 Å². The fourth-order valence-electron chi connectivity index (χ4n) is 4.22. The summed E-state index contributed by atoms with van der Waals surface area (Å²) in [5, 5.41) is 9.39. The summed E-state index contributed by atoms with van der Waals surface area (Å²) < 4.78 is 5.38. The Kier molecular flexibility index (Phi) is 6.63. The van der Waals surface area contributed by atoms with Crippen LogP contribution in [0.3, 0.4) is 0 Å². The molecule has 1 amide bonds. The van der Waals surface area contributed by atoms with Crippen molar-refractivity contribution in [1.29, 1.82) is 0 Å². The molecule has 0 N–H and O–H groups in total. The summed E-state index contributed by atoms with van der Waals surface area (Å²) in [4.78, 5) is 26.8. The first-order valence-corrected chi connectivity index (χ1v) is 11.1. The van der Waals surface area contributed by atoms with E-state index in [9.17, 15) is 9.59 Å². The third-order valence-electron chi connectivity index (χ3n) is 5.85. The summed E-state index contributed by atoms with van der Waals surface area (Å²) in [6.07, 6.45) is 6.71. The van der Waals surface area contributed by atoms with Crippen LogP contribution in [-0.4, -0.2) is 33.1 Å². The first-order chi connectivity index (χ1) is 15.5. The Morgan fingerprint density at radius 2 is 1.69 bits per heavy atom. The van der Waals surface area contributed by atoms with Crippen LogP contribution in [0.5, 0.6) is 0 Å². The van der Waals surface area contributed by atoms with Crippen LogP contribution in [0.4, 0.5) is 5.69 Å². The zero-order chi connectivity index (χ0) is 22.5. The van der Waals surface area contributed by atoms with E-state index in [1.54, 1.807) is 24.5 Å². The smallest absolute Gasteiger partial charge is 0.309 e. The van der Waals surface area contributed by atoms with Gasteiger partial charge in [0.15, 0.2) is 0 Å². The first-order valence-electron chi connectivity index (χ1n) is 11.1. The molecule has 0 bridgehead atoms. The largest absolute Gasteiger partial charge is 0.463 e. The normalized spacial score (nSPS) is 18.3. The van der Waals surface area contributed by atoms with E-state index < -0.39 is 0 Å². The molecule has 7 nitrogen and oxygen atoms in total. The fraction of sp³-hybridized carbons (Fsp3) is 0.360. The van der Waals surface area contributed by atoms with Crippen molar-refractivity contribution < 1.29 is 14.3 Å². The summed E-state index contributed by atoms with van der Waals surface area (Å²) in [7, 11) is 0. The molecule has 0 saturated heterocycles. The number of aromatic nitrogens is 3. The van der Waals surface area contributed by atoms with E-state index in [4.69, 9.17) is 4.74 Å². The number of amides is 1. The highest BCUT2D eigenvalue weighted by molar-refractivity contribution is 6.05. The zero-order valence-corrected chi connectivity index (χ0v) is 18.4. The maximum absolute atomic E-state index is 13.2. The Morgan fingerprint density at radius 1 is 1.00 bits per heavy atom. The monoisotopic (exact) mass is 432 g/mol. The van der Waals surface area contributed by atoms with Crippen LogP contribution >= 0.6 is 0 Å². The van der Waals surface area contributed by atoms with E-state index in [0.29, 0.717) is 17.2 Å². The van der Waals surface area contributed by atoms with Crippen LogP contribution in [0.2, 0.25) is 0 Å². The summed E-state index contributed by atoms with van der Waals surface area (Å²) in [6.45, 7) is 3.77. The van der Waals surface area contributed by atoms with Crippen molar-refractivity contribution in [3.63, 3.8) is 0 Å². The minimum atomic E-state index is -0.187. The lowest BCUT2D eigenvalue weighted by atomic mass is 9.78. The van der Waals surface area contributed by atoms with Gasteiger partial charge in [0.05, 0.1) is 30.1 Å². The number of carbonyl (C=O) groups is 2. The minimum absolute atomic E-state index is 0.000719. The van der Waals surface area contributed by atoms with E-state index >= 15 is 0 Å². The molecule has 2 aromatic carbocycles. The van der Waals surface area contributed by atoms with Gasteiger partial charge >= 0.3 is 5.97 Å². The molecule has 0 aliphatic heterocycles. The van der Waals surface area contributed by atoms with Gasteiger partial charge in [0.2, 0.25) is 0 Å². The molecule has 0 spiro atoms. The summed E-state index contributed by atoms with van der Waals surface area (Å²) in [6, 6.07) is 17.1. The number of ether oxygens (including phenoxy) is 1. The van der Waals surface area contributed by atoms with E-state index in [-0.39, 0.29) is 23.9 Å². The lowest BCUT2D eigenvalue weighted by Gasteiger charge is -2.28. The lowest BCUT2D eigenvalue weighted by molar-refractivity contribution is -0.153. The molecule has 1 fully saturated rings.